The van der Waals surface area contributed by atoms with E-state index in [4.69, 9.17) is 0 Å². The van der Waals surface area contributed by atoms with Gasteiger partial charge in [-0.3, -0.25) is 0 Å². The number of aliphatic hydroxyl groups is 1. The number of aliphatic hydroxyl groups excluding tert-OH is 1. The zero-order valence-corrected chi connectivity index (χ0v) is 21.9. The Morgan fingerprint density at radius 1 is 0.774 bits per heavy atom. The van der Waals surface area contributed by atoms with Crippen molar-refractivity contribution in [2.45, 2.75) is 132 Å². The Kier molecular flexibility index (Phi) is 5.13. The molecule has 9 atom stereocenters. The highest BCUT2D eigenvalue weighted by atomic mass is 16.3. The van der Waals surface area contributed by atoms with Crippen LogP contribution in [0.2, 0.25) is 0 Å². The molecule has 5 rings (SSSR count). The summed E-state index contributed by atoms with van der Waals surface area (Å²) in [5.74, 6) is 4.27. The maximum atomic E-state index is 11.4. The molecule has 1 unspecified atom stereocenters. The summed E-state index contributed by atoms with van der Waals surface area (Å²) in [4.78, 5) is 0. The van der Waals surface area contributed by atoms with E-state index >= 15 is 0 Å². The fourth-order valence-electron chi connectivity index (χ4n) is 11.4. The van der Waals surface area contributed by atoms with E-state index in [1.807, 2.05) is 0 Å². The highest BCUT2D eigenvalue weighted by molar-refractivity contribution is 5.31. The molecule has 5 aliphatic carbocycles. The van der Waals surface area contributed by atoms with Crippen LogP contribution in [0.15, 0.2) is 0 Å². The van der Waals surface area contributed by atoms with Crippen molar-refractivity contribution in [3.8, 4) is 0 Å². The van der Waals surface area contributed by atoms with Crippen molar-refractivity contribution in [2.24, 2.45) is 56.7 Å². The molecule has 0 aromatic carbocycles. The molecule has 0 amide bonds. The number of rotatable bonds is 5. The lowest BCUT2D eigenvalue weighted by Crippen LogP contribution is -2.58. The van der Waals surface area contributed by atoms with Gasteiger partial charge >= 0.3 is 0 Å². The van der Waals surface area contributed by atoms with Crippen molar-refractivity contribution in [1.29, 1.82) is 0 Å². The van der Waals surface area contributed by atoms with Gasteiger partial charge in [0.15, 0.2) is 0 Å². The lowest BCUT2D eigenvalue weighted by molar-refractivity contribution is -0.169. The standard InChI is InChI=1S/C30H52O/c1-20(2)9-8-10-21(3)22-13-16-28(7)24-12-11-23-26(4,5)15-14-25(31)30(23)19-29(24,30)18-17-27(22,28)6/h20-25,31H,8-19H2,1-7H3/t21-,22-,23+,24+,25?,27-,28+,29+,30+/m1/s1. The SMILES string of the molecule is CC(C)CCC[C@@H](C)[C@H]1CC[C@@]2(C)[C@@H]3CC[C@H]4C(C)(C)CCC(O)[C@]45C[C@@]35CC[C@]12C. The second-order valence-electron chi connectivity index (χ2n) is 14.9. The first-order chi connectivity index (χ1) is 14.4. The molecule has 0 bridgehead atoms. The van der Waals surface area contributed by atoms with Gasteiger partial charge in [-0.05, 0) is 109 Å². The Morgan fingerprint density at radius 2 is 1.48 bits per heavy atom. The van der Waals surface area contributed by atoms with Crippen LogP contribution in [0, 0.1) is 56.7 Å². The van der Waals surface area contributed by atoms with Gasteiger partial charge in [-0.15, -0.1) is 0 Å². The molecule has 0 aromatic heterocycles. The zero-order valence-electron chi connectivity index (χ0n) is 21.9. The van der Waals surface area contributed by atoms with E-state index in [1.165, 1.54) is 70.6 Å². The third-order valence-corrected chi connectivity index (χ3v) is 13.1. The number of fused-ring (bicyclic) bond motifs is 2. The summed E-state index contributed by atoms with van der Waals surface area (Å²) in [6.45, 7) is 17.8. The van der Waals surface area contributed by atoms with Gasteiger partial charge in [0, 0.05) is 5.41 Å². The van der Waals surface area contributed by atoms with E-state index in [1.54, 1.807) is 0 Å². The van der Waals surface area contributed by atoms with Gasteiger partial charge in [-0.2, -0.15) is 0 Å². The second-order valence-corrected chi connectivity index (χ2v) is 14.9. The van der Waals surface area contributed by atoms with Gasteiger partial charge in [0.25, 0.3) is 0 Å². The van der Waals surface area contributed by atoms with Gasteiger partial charge in [-0.1, -0.05) is 67.7 Å². The van der Waals surface area contributed by atoms with Crippen LogP contribution < -0.4 is 0 Å². The Labute approximate surface area is 193 Å². The molecule has 5 fully saturated rings. The maximum absolute atomic E-state index is 11.4. The van der Waals surface area contributed by atoms with E-state index in [9.17, 15) is 5.11 Å². The van der Waals surface area contributed by atoms with Crippen LogP contribution in [-0.4, -0.2) is 11.2 Å². The zero-order chi connectivity index (χ0) is 22.4. The van der Waals surface area contributed by atoms with Crippen molar-refractivity contribution in [3.63, 3.8) is 0 Å². The molecular weight excluding hydrogens is 376 g/mol. The largest absolute Gasteiger partial charge is 0.393 e. The average molecular weight is 429 g/mol. The monoisotopic (exact) mass is 428 g/mol. The Balaban J connectivity index is 1.41. The fraction of sp³-hybridized carbons (Fsp3) is 1.00. The molecule has 0 radical (unpaired) electrons. The summed E-state index contributed by atoms with van der Waals surface area (Å²) in [6, 6.07) is 0. The molecule has 2 spiro atoms. The van der Waals surface area contributed by atoms with Gasteiger partial charge in [-0.25, -0.2) is 0 Å². The molecule has 31 heavy (non-hydrogen) atoms. The Morgan fingerprint density at radius 3 is 2.19 bits per heavy atom. The molecule has 0 aliphatic heterocycles. The summed E-state index contributed by atoms with van der Waals surface area (Å²) >= 11 is 0. The van der Waals surface area contributed by atoms with E-state index in [0.29, 0.717) is 21.7 Å². The van der Waals surface area contributed by atoms with Crippen molar-refractivity contribution >= 4 is 0 Å². The predicted octanol–water partition coefficient (Wildman–Crippen LogP) is 8.25. The molecule has 0 heterocycles. The summed E-state index contributed by atoms with van der Waals surface area (Å²) in [6.07, 6.45) is 16.5. The molecular formula is C30H52O. The van der Waals surface area contributed by atoms with Crippen LogP contribution in [0.25, 0.3) is 0 Å². The third kappa shape index (κ3) is 2.77. The van der Waals surface area contributed by atoms with E-state index in [2.05, 4.69) is 48.5 Å². The van der Waals surface area contributed by atoms with Gasteiger partial charge in [0.2, 0.25) is 0 Å². The molecule has 1 N–H and O–H groups in total. The van der Waals surface area contributed by atoms with Crippen LogP contribution in [-0.2, 0) is 0 Å². The lowest BCUT2D eigenvalue weighted by atomic mass is 9.41. The normalized spacial score (nSPS) is 53.3. The van der Waals surface area contributed by atoms with Crippen LogP contribution in [0.4, 0.5) is 0 Å². The van der Waals surface area contributed by atoms with Crippen molar-refractivity contribution < 1.29 is 5.11 Å². The lowest BCUT2D eigenvalue weighted by Gasteiger charge is -2.63. The molecule has 0 aromatic rings. The number of hydrogen-bond acceptors (Lipinski definition) is 1. The van der Waals surface area contributed by atoms with Crippen LogP contribution >= 0.6 is 0 Å². The van der Waals surface area contributed by atoms with E-state index in [-0.39, 0.29) is 11.5 Å². The van der Waals surface area contributed by atoms with Crippen LogP contribution in [0.3, 0.4) is 0 Å². The first-order valence-corrected chi connectivity index (χ1v) is 14.1. The topological polar surface area (TPSA) is 20.2 Å². The van der Waals surface area contributed by atoms with Crippen LogP contribution in [0.1, 0.15) is 126 Å². The quantitative estimate of drug-likeness (QED) is 0.467. The fourth-order valence-corrected chi connectivity index (χ4v) is 11.4. The predicted molar refractivity (Wildman–Crippen MR) is 131 cm³/mol. The molecule has 178 valence electrons. The van der Waals surface area contributed by atoms with Gasteiger partial charge in [0.05, 0.1) is 6.10 Å². The molecule has 1 nitrogen and oxygen atoms in total. The summed E-state index contributed by atoms with van der Waals surface area (Å²) in [5.41, 5.74) is 2.21. The summed E-state index contributed by atoms with van der Waals surface area (Å²) < 4.78 is 0. The summed E-state index contributed by atoms with van der Waals surface area (Å²) in [5, 5.41) is 11.4. The summed E-state index contributed by atoms with van der Waals surface area (Å²) in [7, 11) is 0. The average Bonchev–Trinajstić information content (AvgIpc) is 3.30. The maximum Gasteiger partial charge on any atom is 0.0605 e. The van der Waals surface area contributed by atoms with E-state index < -0.39 is 0 Å². The molecule has 1 heteroatoms. The van der Waals surface area contributed by atoms with Crippen molar-refractivity contribution in [3.05, 3.63) is 0 Å². The third-order valence-electron chi connectivity index (χ3n) is 13.1. The van der Waals surface area contributed by atoms with Gasteiger partial charge < -0.3 is 5.11 Å². The van der Waals surface area contributed by atoms with Crippen LogP contribution in [0.5, 0.6) is 0 Å². The number of hydrogen-bond donors (Lipinski definition) is 1. The Hall–Kier alpha value is -0.0400. The second kappa shape index (κ2) is 6.99. The molecule has 5 saturated carbocycles. The van der Waals surface area contributed by atoms with Crippen molar-refractivity contribution in [2.75, 3.05) is 0 Å². The molecule has 5 aliphatic rings. The highest BCUT2D eigenvalue weighted by Crippen LogP contribution is 2.89. The molecule has 0 saturated heterocycles. The minimum atomic E-state index is -0.0200. The van der Waals surface area contributed by atoms with Crippen molar-refractivity contribution in [1.82, 2.24) is 0 Å². The van der Waals surface area contributed by atoms with Gasteiger partial charge in [0.1, 0.15) is 0 Å². The highest BCUT2D eigenvalue weighted by Gasteiger charge is 2.83. The van der Waals surface area contributed by atoms with E-state index in [0.717, 1.165) is 36.0 Å². The minimum Gasteiger partial charge on any atom is -0.393 e. The smallest absolute Gasteiger partial charge is 0.0605 e. The minimum absolute atomic E-state index is 0.0200. The Bertz CT molecular complexity index is 709. The first kappa shape index (κ1) is 22.7. The first-order valence-electron chi connectivity index (χ1n) is 14.1.